The van der Waals surface area contributed by atoms with Crippen LogP contribution in [-0.2, 0) is 6.42 Å². The molecule has 2 heterocycles. The van der Waals surface area contributed by atoms with Crippen molar-refractivity contribution in [1.82, 2.24) is 25.2 Å². The number of aromatic carboxylic acids is 1. The molecule has 7 heteroatoms. The Labute approximate surface area is 90.7 Å². The molecule has 16 heavy (non-hydrogen) atoms. The van der Waals surface area contributed by atoms with Gasteiger partial charge in [0.05, 0.1) is 11.9 Å². The lowest BCUT2D eigenvalue weighted by Crippen LogP contribution is -2.05. The number of hydrogen-bond donors (Lipinski definition) is 1. The van der Waals surface area contributed by atoms with Crippen LogP contribution in [0.2, 0.25) is 0 Å². The van der Waals surface area contributed by atoms with Crippen LogP contribution in [0, 0.1) is 0 Å². The highest BCUT2D eigenvalue weighted by molar-refractivity contribution is 5.85. The van der Waals surface area contributed by atoms with Crippen molar-refractivity contribution in [2.75, 3.05) is 0 Å². The Bertz CT molecular complexity index is 505. The number of tetrazole rings is 1. The van der Waals surface area contributed by atoms with E-state index in [1.807, 2.05) is 6.92 Å². The molecule has 0 saturated heterocycles. The Hall–Kier alpha value is -2.31. The van der Waals surface area contributed by atoms with Gasteiger partial charge in [0.1, 0.15) is 5.69 Å². The number of rotatable bonds is 3. The smallest absolute Gasteiger partial charge is 0.354 e. The number of nitrogens with zero attached hydrogens (tertiary/aromatic N) is 5. The molecule has 0 amide bonds. The topological polar surface area (TPSA) is 93.8 Å². The first kappa shape index (κ1) is 10.2. The summed E-state index contributed by atoms with van der Waals surface area (Å²) in [7, 11) is 0. The molecule has 0 atom stereocenters. The number of carboxylic acids is 1. The standard InChI is InChI=1S/C9H9N5O2/c1-2-8-11-12-13-14(8)6-3-4-7(9(15)16)10-5-6/h3-5H,2H2,1H3,(H,15,16). The fourth-order valence-electron chi connectivity index (χ4n) is 1.26. The predicted octanol–water partition coefficient (Wildman–Crippen LogP) is 0.318. The van der Waals surface area contributed by atoms with Gasteiger partial charge in [-0.3, -0.25) is 0 Å². The summed E-state index contributed by atoms with van der Waals surface area (Å²) in [5, 5.41) is 19.9. The van der Waals surface area contributed by atoms with Crippen LogP contribution in [0.1, 0.15) is 23.2 Å². The normalized spacial score (nSPS) is 10.3. The number of aryl methyl sites for hydroxylation is 1. The molecular weight excluding hydrogens is 210 g/mol. The van der Waals surface area contributed by atoms with Gasteiger partial charge in [-0.1, -0.05) is 6.92 Å². The van der Waals surface area contributed by atoms with Gasteiger partial charge in [0.25, 0.3) is 0 Å². The number of carboxylic acid groups (broad SMARTS) is 1. The summed E-state index contributed by atoms with van der Waals surface area (Å²) in [6.45, 7) is 1.93. The third-order valence-electron chi connectivity index (χ3n) is 2.06. The van der Waals surface area contributed by atoms with Crippen molar-refractivity contribution >= 4 is 5.97 Å². The van der Waals surface area contributed by atoms with Crippen LogP contribution in [0.3, 0.4) is 0 Å². The highest BCUT2D eigenvalue weighted by Gasteiger charge is 2.08. The zero-order valence-corrected chi connectivity index (χ0v) is 8.53. The molecule has 0 fully saturated rings. The SMILES string of the molecule is CCc1nnnn1-c1ccc(C(=O)O)nc1. The van der Waals surface area contributed by atoms with Gasteiger partial charge in [-0.2, -0.15) is 4.68 Å². The van der Waals surface area contributed by atoms with Crippen molar-refractivity contribution in [1.29, 1.82) is 0 Å². The zero-order valence-electron chi connectivity index (χ0n) is 8.53. The average Bonchev–Trinajstić information content (AvgIpc) is 2.77. The van der Waals surface area contributed by atoms with Crippen molar-refractivity contribution in [2.45, 2.75) is 13.3 Å². The summed E-state index contributed by atoms with van der Waals surface area (Å²) in [5.74, 6) is -0.358. The van der Waals surface area contributed by atoms with Gasteiger partial charge in [0.2, 0.25) is 0 Å². The summed E-state index contributed by atoms with van der Waals surface area (Å²) < 4.78 is 1.53. The lowest BCUT2D eigenvalue weighted by Gasteiger charge is -2.02. The van der Waals surface area contributed by atoms with E-state index in [2.05, 4.69) is 20.5 Å². The fourth-order valence-corrected chi connectivity index (χ4v) is 1.26. The second-order valence-electron chi connectivity index (χ2n) is 3.07. The van der Waals surface area contributed by atoms with Gasteiger partial charge in [-0.25, -0.2) is 9.78 Å². The van der Waals surface area contributed by atoms with Gasteiger partial charge in [-0.05, 0) is 22.6 Å². The second kappa shape index (κ2) is 4.05. The summed E-state index contributed by atoms with van der Waals surface area (Å²) in [4.78, 5) is 14.4. The Balaban J connectivity index is 2.38. The van der Waals surface area contributed by atoms with E-state index in [4.69, 9.17) is 5.11 Å². The maximum absolute atomic E-state index is 10.6. The maximum Gasteiger partial charge on any atom is 0.354 e. The van der Waals surface area contributed by atoms with Crippen LogP contribution in [0.15, 0.2) is 18.3 Å². The largest absolute Gasteiger partial charge is 0.477 e. The van der Waals surface area contributed by atoms with Crippen LogP contribution >= 0.6 is 0 Å². The minimum Gasteiger partial charge on any atom is -0.477 e. The molecule has 1 N–H and O–H groups in total. The van der Waals surface area contributed by atoms with Crippen molar-refractivity contribution in [2.24, 2.45) is 0 Å². The summed E-state index contributed by atoms with van der Waals surface area (Å²) >= 11 is 0. The van der Waals surface area contributed by atoms with Gasteiger partial charge in [0.15, 0.2) is 5.82 Å². The van der Waals surface area contributed by atoms with Crippen molar-refractivity contribution in [3.05, 3.63) is 29.8 Å². The number of carbonyl (C=O) groups is 1. The maximum atomic E-state index is 10.6. The lowest BCUT2D eigenvalue weighted by molar-refractivity contribution is 0.0690. The molecule has 0 radical (unpaired) electrons. The Morgan fingerprint density at radius 1 is 1.50 bits per heavy atom. The minimum atomic E-state index is -1.06. The van der Waals surface area contributed by atoms with Crippen molar-refractivity contribution in [3.63, 3.8) is 0 Å². The van der Waals surface area contributed by atoms with Gasteiger partial charge >= 0.3 is 5.97 Å². The summed E-state index contributed by atoms with van der Waals surface area (Å²) in [5.41, 5.74) is 0.640. The highest BCUT2D eigenvalue weighted by Crippen LogP contribution is 2.07. The molecule has 2 aromatic rings. The Kier molecular flexibility index (Phi) is 2.59. The first-order chi connectivity index (χ1) is 7.72. The second-order valence-corrected chi connectivity index (χ2v) is 3.07. The van der Waals surface area contributed by atoms with E-state index in [1.54, 1.807) is 6.07 Å². The van der Waals surface area contributed by atoms with Crippen molar-refractivity contribution in [3.8, 4) is 5.69 Å². The lowest BCUT2D eigenvalue weighted by atomic mass is 10.3. The molecule has 0 aliphatic carbocycles. The first-order valence-electron chi connectivity index (χ1n) is 4.69. The first-order valence-corrected chi connectivity index (χ1v) is 4.69. The fraction of sp³-hybridized carbons (Fsp3) is 0.222. The molecule has 0 unspecified atom stereocenters. The van der Waals surface area contributed by atoms with E-state index in [0.29, 0.717) is 17.9 Å². The summed E-state index contributed by atoms with van der Waals surface area (Å²) in [6.07, 6.45) is 2.12. The van der Waals surface area contributed by atoms with E-state index in [9.17, 15) is 4.79 Å². The molecule has 2 aromatic heterocycles. The molecule has 82 valence electrons. The Morgan fingerprint density at radius 3 is 2.88 bits per heavy atom. The van der Waals surface area contributed by atoms with Crippen LogP contribution in [0.5, 0.6) is 0 Å². The third kappa shape index (κ3) is 1.74. The van der Waals surface area contributed by atoms with E-state index < -0.39 is 5.97 Å². The number of aromatic nitrogens is 5. The predicted molar refractivity (Wildman–Crippen MR) is 53.3 cm³/mol. The zero-order chi connectivity index (χ0) is 11.5. The number of pyridine rings is 1. The van der Waals surface area contributed by atoms with Gasteiger partial charge in [0, 0.05) is 6.42 Å². The van der Waals surface area contributed by atoms with Crippen LogP contribution in [0.4, 0.5) is 0 Å². The van der Waals surface area contributed by atoms with E-state index in [0.717, 1.165) is 0 Å². The van der Waals surface area contributed by atoms with Gasteiger partial charge in [-0.15, -0.1) is 5.10 Å². The third-order valence-corrected chi connectivity index (χ3v) is 2.06. The molecule has 0 saturated carbocycles. The van der Waals surface area contributed by atoms with Gasteiger partial charge < -0.3 is 5.11 Å². The molecule has 2 rings (SSSR count). The molecule has 0 aromatic carbocycles. The highest BCUT2D eigenvalue weighted by atomic mass is 16.4. The van der Waals surface area contributed by atoms with E-state index >= 15 is 0 Å². The van der Waals surface area contributed by atoms with E-state index in [-0.39, 0.29) is 5.69 Å². The molecule has 0 spiro atoms. The molecule has 0 aliphatic rings. The van der Waals surface area contributed by atoms with Crippen LogP contribution in [-0.4, -0.2) is 36.3 Å². The average molecular weight is 219 g/mol. The van der Waals surface area contributed by atoms with Crippen molar-refractivity contribution < 1.29 is 9.90 Å². The quantitative estimate of drug-likeness (QED) is 0.798. The molecule has 7 nitrogen and oxygen atoms in total. The minimum absolute atomic E-state index is 0.00475. The van der Waals surface area contributed by atoms with E-state index in [1.165, 1.54) is 16.9 Å². The monoisotopic (exact) mass is 219 g/mol. The molecule has 0 aliphatic heterocycles. The van der Waals surface area contributed by atoms with Crippen LogP contribution in [0.25, 0.3) is 5.69 Å². The summed E-state index contributed by atoms with van der Waals surface area (Å²) in [6, 6.07) is 3.03. The van der Waals surface area contributed by atoms with Crippen LogP contribution < -0.4 is 0 Å². The molecule has 0 bridgehead atoms. The molecular formula is C9H9N5O2. The number of hydrogen-bond acceptors (Lipinski definition) is 5. The Morgan fingerprint density at radius 2 is 2.31 bits per heavy atom.